The summed E-state index contributed by atoms with van der Waals surface area (Å²) in [6.07, 6.45) is 4.47. The predicted molar refractivity (Wildman–Crippen MR) is 96.1 cm³/mol. The van der Waals surface area contributed by atoms with Gasteiger partial charge in [0.05, 0.1) is 24.9 Å². The highest BCUT2D eigenvalue weighted by Gasteiger charge is 2.32. The van der Waals surface area contributed by atoms with E-state index < -0.39 is 0 Å². The molecule has 144 valence electrons. The number of hydrogen-bond acceptors (Lipinski definition) is 5. The first-order valence-electron chi connectivity index (χ1n) is 9.36. The molecule has 4 rings (SSSR count). The largest absolute Gasteiger partial charge is 0.378 e. The van der Waals surface area contributed by atoms with E-state index in [0.717, 1.165) is 25.0 Å². The van der Waals surface area contributed by atoms with Gasteiger partial charge in [0.25, 0.3) is 11.8 Å². The maximum absolute atomic E-state index is 13.0. The van der Waals surface area contributed by atoms with Crippen LogP contribution in [0, 0.1) is 0 Å². The number of aryl methyl sites for hydroxylation is 1. The lowest BCUT2D eigenvalue weighted by molar-refractivity contribution is 0.0299. The molecule has 1 N–H and O–H groups in total. The molecule has 9 nitrogen and oxygen atoms in total. The van der Waals surface area contributed by atoms with Crippen LogP contribution >= 0.6 is 0 Å². The maximum atomic E-state index is 13.0. The van der Waals surface area contributed by atoms with Crippen LogP contribution in [0.4, 0.5) is 0 Å². The molecular formula is C18H24N6O3. The maximum Gasteiger partial charge on any atom is 0.274 e. The monoisotopic (exact) mass is 372 g/mol. The Kier molecular flexibility index (Phi) is 4.93. The van der Waals surface area contributed by atoms with Gasteiger partial charge in [0.15, 0.2) is 0 Å². The second kappa shape index (κ2) is 7.51. The van der Waals surface area contributed by atoms with Gasteiger partial charge in [0, 0.05) is 32.9 Å². The molecule has 0 radical (unpaired) electrons. The van der Waals surface area contributed by atoms with Gasteiger partial charge in [-0.3, -0.25) is 19.4 Å². The van der Waals surface area contributed by atoms with Gasteiger partial charge in [-0.05, 0) is 31.4 Å². The van der Waals surface area contributed by atoms with Gasteiger partial charge < -0.3 is 14.5 Å². The van der Waals surface area contributed by atoms with Crippen molar-refractivity contribution in [1.29, 1.82) is 0 Å². The second-order valence-corrected chi connectivity index (χ2v) is 6.96. The van der Waals surface area contributed by atoms with Crippen molar-refractivity contribution in [3.63, 3.8) is 0 Å². The third-order valence-corrected chi connectivity index (χ3v) is 5.28. The predicted octanol–water partition coefficient (Wildman–Crippen LogP) is 0.983. The van der Waals surface area contributed by atoms with Crippen LogP contribution in [0.5, 0.6) is 0 Å². The normalized spacial score (nSPS) is 20.7. The fraction of sp³-hybridized carbons (Fsp3) is 0.556. The van der Waals surface area contributed by atoms with Crippen LogP contribution in [0.3, 0.4) is 0 Å². The number of aromatic amines is 1. The molecule has 9 heteroatoms. The number of aromatic nitrogens is 4. The van der Waals surface area contributed by atoms with E-state index in [1.54, 1.807) is 35.0 Å². The van der Waals surface area contributed by atoms with Crippen LogP contribution in [0.15, 0.2) is 18.3 Å². The summed E-state index contributed by atoms with van der Waals surface area (Å²) >= 11 is 0. The first kappa shape index (κ1) is 17.7. The zero-order chi connectivity index (χ0) is 18.8. The molecule has 27 heavy (non-hydrogen) atoms. The molecule has 0 unspecified atom stereocenters. The number of piperidine rings is 1. The molecule has 2 aromatic rings. The number of morpholine rings is 1. The third kappa shape index (κ3) is 3.46. The molecule has 2 aliphatic heterocycles. The lowest BCUT2D eigenvalue weighted by atomic mass is 9.98. The van der Waals surface area contributed by atoms with Gasteiger partial charge in [0.1, 0.15) is 11.4 Å². The summed E-state index contributed by atoms with van der Waals surface area (Å²) in [5, 5.41) is 11.3. The summed E-state index contributed by atoms with van der Waals surface area (Å²) in [5.41, 5.74) is 1.76. The van der Waals surface area contributed by atoms with Gasteiger partial charge in [0.2, 0.25) is 0 Å². The molecule has 2 aromatic heterocycles. The quantitative estimate of drug-likeness (QED) is 0.866. The Morgan fingerprint density at radius 3 is 2.74 bits per heavy atom. The highest BCUT2D eigenvalue weighted by Crippen LogP contribution is 2.31. The van der Waals surface area contributed by atoms with Crippen LogP contribution in [0.1, 0.15) is 52.0 Å². The fourth-order valence-corrected chi connectivity index (χ4v) is 3.77. The summed E-state index contributed by atoms with van der Waals surface area (Å²) < 4.78 is 6.89. The summed E-state index contributed by atoms with van der Waals surface area (Å²) in [5.74, 6) is -0.142. The second-order valence-electron chi connectivity index (χ2n) is 6.96. The molecule has 1 atom stereocenters. The minimum Gasteiger partial charge on any atom is -0.378 e. The molecule has 0 saturated carbocycles. The number of rotatable bonds is 3. The summed E-state index contributed by atoms with van der Waals surface area (Å²) in [6.45, 7) is 2.95. The topological polar surface area (TPSA) is 96.3 Å². The molecule has 4 heterocycles. The number of carbonyl (C=O) groups is 2. The minimum absolute atomic E-state index is 0.0460. The van der Waals surface area contributed by atoms with Gasteiger partial charge in [-0.2, -0.15) is 10.2 Å². The number of ether oxygens (including phenoxy) is 1. The van der Waals surface area contributed by atoms with E-state index in [1.807, 2.05) is 4.90 Å². The fourth-order valence-electron chi connectivity index (χ4n) is 3.77. The molecule has 0 aromatic carbocycles. The van der Waals surface area contributed by atoms with E-state index in [2.05, 4.69) is 15.3 Å². The Labute approximate surface area is 157 Å². The summed E-state index contributed by atoms with van der Waals surface area (Å²) in [4.78, 5) is 29.2. The number of H-pyrrole nitrogens is 1. The average molecular weight is 372 g/mol. The number of hydrogen-bond donors (Lipinski definition) is 1. The van der Waals surface area contributed by atoms with Crippen LogP contribution in [-0.2, 0) is 11.8 Å². The Bertz CT molecular complexity index is 823. The van der Waals surface area contributed by atoms with E-state index in [1.165, 1.54) is 0 Å². The average Bonchev–Trinajstić information content (AvgIpc) is 3.37. The molecule has 2 fully saturated rings. The number of nitrogens with one attached hydrogen (secondary N) is 1. The van der Waals surface area contributed by atoms with E-state index in [0.29, 0.717) is 44.2 Å². The van der Waals surface area contributed by atoms with Crippen molar-refractivity contribution in [2.24, 2.45) is 7.05 Å². The van der Waals surface area contributed by atoms with Crippen molar-refractivity contribution in [2.75, 3.05) is 32.8 Å². The van der Waals surface area contributed by atoms with Crippen molar-refractivity contribution in [3.8, 4) is 0 Å². The number of amides is 2. The third-order valence-electron chi connectivity index (χ3n) is 5.28. The molecule has 0 aliphatic carbocycles. The summed E-state index contributed by atoms with van der Waals surface area (Å²) in [7, 11) is 1.77. The Morgan fingerprint density at radius 1 is 1.19 bits per heavy atom. The van der Waals surface area contributed by atoms with E-state index in [-0.39, 0.29) is 17.9 Å². The van der Waals surface area contributed by atoms with Crippen molar-refractivity contribution in [3.05, 3.63) is 35.4 Å². The Hall–Kier alpha value is -2.68. The summed E-state index contributed by atoms with van der Waals surface area (Å²) in [6, 6.07) is 3.41. The lowest BCUT2D eigenvalue weighted by Gasteiger charge is -2.35. The minimum atomic E-state index is -0.111. The van der Waals surface area contributed by atoms with Crippen LogP contribution in [0.2, 0.25) is 0 Å². The first-order chi connectivity index (χ1) is 13.1. The number of likely N-dealkylation sites (tertiary alicyclic amines) is 1. The Morgan fingerprint density at radius 2 is 2.00 bits per heavy atom. The molecule has 2 saturated heterocycles. The molecule has 2 aliphatic rings. The van der Waals surface area contributed by atoms with Crippen molar-refractivity contribution >= 4 is 11.8 Å². The Balaban J connectivity index is 1.54. The van der Waals surface area contributed by atoms with Gasteiger partial charge in [-0.1, -0.05) is 0 Å². The van der Waals surface area contributed by atoms with E-state index in [4.69, 9.17) is 4.74 Å². The first-order valence-corrected chi connectivity index (χ1v) is 9.36. The molecule has 0 spiro atoms. The van der Waals surface area contributed by atoms with Crippen molar-refractivity contribution in [2.45, 2.75) is 25.3 Å². The van der Waals surface area contributed by atoms with E-state index in [9.17, 15) is 9.59 Å². The molecule has 2 amide bonds. The van der Waals surface area contributed by atoms with Gasteiger partial charge in [-0.25, -0.2) is 0 Å². The van der Waals surface area contributed by atoms with Crippen molar-refractivity contribution in [1.82, 2.24) is 29.8 Å². The van der Waals surface area contributed by atoms with Crippen LogP contribution < -0.4 is 0 Å². The standard InChI is InChI=1S/C18H24N6O3/c1-22-16(5-6-19-22)18(26)24-7-3-2-4-15(24)13-12-14(21-20-13)17(25)23-8-10-27-11-9-23/h5-6,12,15H,2-4,7-11H2,1H3,(H,20,21)/t15-/m0/s1. The van der Waals surface area contributed by atoms with Gasteiger partial charge >= 0.3 is 0 Å². The number of carbonyl (C=O) groups excluding carboxylic acids is 2. The lowest BCUT2D eigenvalue weighted by Crippen LogP contribution is -2.41. The smallest absolute Gasteiger partial charge is 0.274 e. The molecule has 0 bridgehead atoms. The van der Waals surface area contributed by atoms with Crippen LogP contribution in [0.25, 0.3) is 0 Å². The molecular weight excluding hydrogens is 348 g/mol. The number of nitrogens with zero attached hydrogens (tertiary/aromatic N) is 5. The highest BCUT2D eigenvalue weighted by atomic mass is 16.5. The highest BCUT2D eigenvalue weighted by molar-refractivity contribution is 5.93. The van der Waals surface area contributed by atoms with Crippen molar-refractivity contribution < 1.29 is 14.3 Å². The van der Waals surface area contributed by atoms with Gasteiger partial charge in [-0.15, -0.1) is 0 Å². The zero-order valence-corrected chi connectivity index (χ0v) is 15.4. The van der Waals surface area contributed by atoms with E-state index >= 15 is 0 Å². The van der Waals surface area contributed by atoms with Crippen LogP contribution in [-0.4, -0.2) is 74.4 Å². The SMILES string of the molecule is Cn1nccc1C(=O)N1CCCC[C@H]1c1cc(C(=O)N2CCOCC2)n[nH]1. The zero-order valence-electron chi connectivity index (χ0n) is 15.4.